The number of ketones is 1. The fourth-order valence-corrected chi connectivity index (χ4v) is 2.59. The van der Waals surface area contributed by atoms with Crippen LogP contribution >= 0.6 is 0 Å². The summed E-state index contributed by atoms with van der Waals surface area (Å²) in [5.41, 5.74) is 1.38. The van der Waals surface area contributed by atoms with E-state index in [9.17, 15) is 19.2 Å². The normalized spacial score (nSPS) is 12.8. The van der Waals surface area contributed by atoms with Crippen LogP contribution in [0.1, 0.15) is 20.7 Å². The molecule has 1 aliphatic rings. The van der Waals surface area contributed by atoms with Crippen molar-refractivity contribution in [3.05, 3.63) is 59.7 Å². The molecule has 7 nitrogen and oxygen atoms in total. The van der Waals surface area contributed by atoms with E-state index in [4.69, 9.17) is 0 Å². The number of carbonyl (C=O) groups is 4. The van der Waals surface area contributed by atoms with Crippen LogP contribution in [-0.2, 0) is 14.3 Å². The smallest absolute Gasteiger partial charge is 0.337 e. The van der Waals surface area contributed by atoms with Crippen LogP contribution in [-0.4, -0.2) is 37.2 Å². The minimum atomic E-state index is -0.736. The van der Waals surface area contributed by atoms with Crippen molar-refractivity contribution in [2.45, 2.75) is 0 Å². The van der Waals surface area contributed by atoms with Crippen molar-refractivity contribution in [2.24, 2.45) is 0 Å². The number of para-hydroxylation sites is 1. The van der Waals surface area contributed by atoms with E-state index in [2.05, 4.69) is 10.1 Å². The van der Waals surface area contributed by atoms with Gasteiger partial charge in [-0.25, -0.2) is 4.79 Å². The Morgan fingerprint density at radius 3 is 2.60 bits per heavy atom. The molecule has 1 heterocycles. The maximum atomic E-state index is 12.2. The van der Waals surface area contributed by atoms with E-state index >= 15 is 0 Å². The minimum Gasteiger partial charge on any atom is -0.465 e. The molecule has 2 aromatic rings. The molecule has 0 spiro atoms. The minimum absolute atomic E-state index is 0.285. The highest BCUT2D eigenvalue weighted by Gasteiger charge is 2.36. The summed E-state index contributed by atoms with van der Waals surface area (Å²) in [4.78, 5) is 48.9. The molecule has 25 heavy (non-hydrogen) atoms. The highest BCUT2D eigenvalue weighted by atomic mass is 16.5. The molecule has 0 saturated heterocycles. The Labute approximate surface area is 143 Å². The Balaban J connectivity index is 1.75. The average Bonchev–Trinajstić information content (AvgIpc) is 2.86. The van der Waals surface area contributed by atoms with Gasteiger partial charge in [-0.3, -0.25) is 19.3 Å². The first-order valence-electron chi connectivity index (χ1n) is 7.44. The molecule has 0 saturated carbocycles. The number of ether oxygens (including phenoxy) is 1. The monoisotopic (exact) mass is 338 g/mol. The van der Waals surface area contributed by atoms with Crippen LogP contribution in [0.15, 0.2) is 48.5 Å². The van der Waals surface area contributed by atoms with Gasteiger partial charge in [0.1, 0.15) is 6.54 Å². The first-order valence-corrected chi connectivity index (χ1v) is 7.44. The Morgan fingerprint density at radius 2 is 1.84 bits per heavy atom. The number of anilines is 2. The van der Waals surface area contributed by atoms with E-state index < -0.39 is 23.6 Å². The number of hydrogen-bond acceptors (Lipinski definition) is 5. The highest BCUT2D eigenvalue weighted by molar-refractivity contribution is 6.52. The standard InChI is InChI=1S/C18H14N2O5/c1-25-18(24)11-5-4-6-12(9-11)19-15(21)10-20-14-8-3-2-7-13(14)16(22)17(20)23/h2-9H,10H2,1H3,(H,19,21). The summed E-state index contributed by atoms with van der Waals surface area (Å²) in [6, 6.07) is 12.7. The van der Waals surface area contributed by atoms with Crippen LogP contribution in [0.4, 0.5) is 11.4 Å². The van der Waals surface area contributed by atoms with E-state index in [1.807, 2.05) is 0 Å². The summed E-state index contributed by atoms with van der Waals surface area (Å²) >= 11 is 0. The van der Waals surface area contributed by atoms with Crippen LogP contribution in [0.5, 0.6) is 0 Å². The van der Waals surface area contributed by atoms with Crippen molar-refractivity contribution in [1.82, 2.24) is 0 Å². The van der Waals surface area contributed by atoms with Crippen LogP contribution in [0.25, 0.3) is 0 Å². The van der Waals surface area contributed by atoms with Gasteiger partial charge in [0.25, 0.3) is 11.7 Å². The predicted octanol–water partition coefficient (Wildman–Crippen LogP) is 1.64. The number of methoxy groups -OCH3 is 1. The van der Waals surface area contributed by atoms with Crippen LogP contribution in [0, 0.1) is 0 Å². The van der Waals surface area contributed by atoms with E-state index in [0.29, 0.717) is 11.4 Å². The maximum absolute atomic E-state index is 12.2. The molecule has 0 unspecified atom stereocenters. The quantitative estimate of drug-likeness (QED) is 0.676. The molecule has 1 aliphatic heterocycles. The van der Waals surface area contributed by atoms with E-state index in [1.54, 1.807) is 42.5 Å². The van der Waals surface area contributed by atoms with Gasteiger partial charge < -0.3 is 10.1 Å². The van der Waals surface area contributed by atoms with Crippen molar-refractivity contribution in [2.75, 3.05) is 23.9 Å². The molecule has 0 aromatic heterocycles. The predicted molar refractivity (Wildman–Crippen MR) is 89.5 cm³/mol. The molecule has 2 amide bonds. The fraction of sp³-hybridized carbons (Fsp3) is 0.111. The molecule has 0 radical (unpaired) electrons. The SMILES string of the molecule is COC(=O)c1cccc(NC(=O)CN2C(=O)C(=O)c3ccccc32)c1. The lowest BCUT2D eigenvalue weighted by Crippen LogP contribution is -2.37. The van der Waals surface area contributed by atoms with Crippen molar-refractivity contribution >= 4 is 34.9 Å². The number of nitrogens with one attached hydrogen (secondary N) is 1. The van der Waals surface area contributed by atoms with Gasteiger partial charge in [0.2, 0.25) is 5.91 Å². The topological polar surface area (TPSA) is 92.8 Å². The average molecular weight is 338 g/mol. The second-order valence-corrected chi connectivity index (χ2v) is 5.36. The molecule has 126 valence electrons. The van der Waals surface area contributed by atoms with Gasteiger partial charge in [-0.05, 0) is 30.3 Å². The Kier molecular flexibility index (Phi) is 4.30. The van der Waals surface area contributed by atoms with Crippen LogP contribution < -0.4 is 10.2 Å². The van der Waals surface area contributed by atoms with E-state index in [1.165, 1.54) is 13.2 Å². The molecule has 0 atom stereocenters. The number of hydrogen-bond donors (Lipinski definition) is 1. The number of esters is 1. The molecule has 3 rings (SSSR count). The molecular formula is C18H14N2O5. The first kappa shape index (κ1) is 16.4. The highest BCUT2D eigenvalue weighted by Crippen LogP contribution is 2.28. The number of Topliss-reactive ketones (excluding diaryl/α,β-unsaturated/α-hetero) is 1. The third-order valence-electron chi connectivity index (χ3n) is 3.75. The summed E-state index contributed by atoms with van der Waals surface area (Å²) in [6.07, 6.45) is 0. The van der Waals surface area contributed by atoms with Crippen molar-refractivity contribution in [1.29, 1.82) is 0 Å². The number of benzene rings is 2. The summed E-state index contributed by atoms with van der Waals surface area (Å²) in [7, 11) is 1.26. The molecule has 1 N–H and O–H groups in total. The van der Waals surface area contributed by atoms with Crippen LogP contribution in [0.3, 0.4) is 0 Å². The van der Waals surface area contributed by atoms with Gasteiger partial charge >= 0.3 is 5.97 Å². The van der Waals surface area contributed by atoms with Gasteiger partial charge in [-0.2, -0.15) is 0 Å². The third kappa shape index (κ3) is 3.12. The van der Waals surface area contributed by atoms with Gasteiger partial charge in [0.05, 0.1) is 23.9 Å². The maximum Gasteiger partial charge on any atom is 0.337 e. The van der Waals surface area contributed by atoms with E-state index in [0.717, 1.165) is 4.90 Å². The zero-order valence-electron chi connectivity index (χ0n) is 13.3. The number of carbonyl (C=O) groups excluding carboxylic acids is 4. The fourth-order valence-electron chi connectivity index (χ4n) is 2.59. The molecule has 0 fully saturated rings. The number of fused-ring (bicyclic) bond motifs is 1. The lowest BCUT2D eigenvalue weighted by atomic mass is 10.1. The lowest BCUT2D eigenvalue weighted by molar-refractivity contribution is -0.118. The van der Waals surface area contributed by atoms with Gasteiger partial charge in [-0.15, -0.1) is 0 Å². The van der Waals surface area contributed by atoms with Gasteiger partial charge in [-0.1, -0.05) is 18.2 Å². The third-order valence-corrected chi connectivity index (χ3v) is 3.75. The molecule has 0 bridgehead atoms. The zero-order valence-corrected chi connectivity index (χ0v) is 13.3. The molecule has 2 aromatic carbocycles. The van der Waals surface area contributed by atoms with E-state index in [-0.39, 0.29) is 17.7 Å². The molecular weight excluding hydrogens is 324 g/mol. The Bertz CT molecular complexity index is 891. The van der Waals surface area contributed by atoms with Crippen molar-refractivity contribution < 1.29 is 23.9 Å². The second kappa shape index (κ2) is 6.56. The van der Waals surface area contributed by atoms with Gasteiger partial charge in [0.15, 0.2) is 0 Å². The van der Waals surface area contributed by atoms with Crippen LogP contribution in [0.2, 0.25) is 0 Å². The summed E-state index contributed by atoms with van der Waals surface area (Å²) in [5.74, 6) is -2.37. The zero-order chi connectivity index (χ0) is 18.0. The first-order chi connectivity index (χ1) is 12.0. The summed E-state index contributed by atoms with van der Waals surface area (Å²) in [5, 5.41) is 2.60. The number of amides is 2. The van der Waals surface area contributed by atoms with Crippen molar-refractivity contribution in [3.8, 4) is 0 Å². The number of rotatable bonds is 4. The summed E-state index contributed by atoms with van der Waals surface area (Å²) in [6.45, 7) is -0.302. The largest absolute Gasteiger partial charge is 0.465 e. The summed E-state index contributed by atoms with van der Waals surface area (Å²) < 4.78 is 4.63. The second-order valence-electron chi connectivity index (χ2n) is 5.36. The van der Waals surface area contributed by atoms with Crippen molar-refractivity contribution in [3.63, 3.8) is 0 Å². The molecule has 7 heteroatoms. The van der Waals surface area contributed by atoms with Gasteiger partial charge in [0, 0.05) is 5.69 Å². The number of nitrogens with zero attached hydrogens (tertiary/aromatic N) is 1. The Morgan fingerprint density at radius 1 is 1.08 bits per heavy atom. The Hall–Kier alpha value is -3.48. The molecule has 0 aliphatic carbocycles. The lowest BCUT2D eigenvalue weighted by Gasteiger charge is -2.16.